The zero-order valence-electron chi connectivity index (χ0n) is 8.98. The molecule has 12 heavy (non-hydrogen) atoms. The third-order valence-corrected chi connectivity index (χ3v) is 1.97. The Balaban J connectivity index is 3.78. The molecule has 0 radical (unpaired) electrons. The number of rotatable bonds is 5. The van der Waals surface area contributed by atoms with Crippen molar-refractivity contribution in [2.45, 2.75) is 53.4 Å². The van der Waals surface area contributed by atoms with E-state index in [1.54, 1.807) is 0 Å². The van der Waals surface area contributed by atoms with Crippen LogP contribution in [0.2, 0.25) is 0 Å². The van der Waals surface area contributed by atoms with Gasteiger partial charge in [0.2, 0.25) is 0 Å². The van der Waals surface area contributed by atoms with Crippen LogP contribution >= 0.6 is 0 Å². The monoisotopic (exact) mass is 166 g/mol. The zero-order chi connectivity index (χ0) is 9.40. The van der Waals surface area contributed by atoms with Crippen LogP contribution in [0.5, 0.6) is 0 Å². The minimum Gasteiger partial charge on any atom is -0.0856 e. The predicted octanol–water partition coefficient (Wildman–Crippen LogP) is 4.48. The van der Waals surface area contributed by atoms with Gasteiger partial charge >= 0.3 is 0 Å². The SMILES string of the molecule is CC/C=C(/C)C/C=C(/C)CCC. The molecule has 0 aliphatic heterocycles. The molecule has 0 bridgehead atoms. The van der Waals surface area contributed by atoms with Gasteiger partial charge in [-0.3, -0.25) is 0 Å². The van der Waals surface area contributed by atoms with Gasteiger partial charge in [0.15, 0.2) is 0 Å². The van der Waals surface area contributed by atoms with E-state index in [2.05, 4.69) is 39.8 Å². The van der Waals surface area contributed by atoms with Gasteiger partial charge in [-0.2, -0.15) is 0 Å². The molecule has 70 valence electrons. The van der Waals surface area contributed by atoms with Gasteiger partial charge in [0.05, 0.1) is 0 Å². The van der Waals surface area contributed by atoms with Crippen molar-refractivity contribution in [2.24, 2.45) is 0 Å². The van der Waals surface area contributed by atoms with Crippen molar-refractivity contribution in [2.75, 3.05) is 0 Å². The topological polar surface area (TPSA) is 0 Å². The Morgan fingerprint density at radius 2 is 1.67 bits per heavy atom. The normalized spacial score (nSPS) is 13.7. The van der Waals surface area contributed by atoms with Gasteiger partial charge in [0.25, 0.3) is 0 Å². The maximum atomic E-state index is 2.35. The maximum absolute atomic E-state index is 2.35. The van der Waals surface area contributed by atoms with Gasteiger partial charge in [0.1, 0.15) is 0 Å². The van der Waals surface area contributed by atoms with Gasteiger partial charge in [0, 0.05) is 0 Å². The standard InChI is InChI=1S/C12H22/c1-5-7-11(3)9-10-12(4)8-6-2/h7,10H,5-6,8-9H2,1-4H3/b11-7-,12-10-. The maximum Gasteiger partial charge on any atom is -0.0139 e. The highest BCUT2D eigenvalue weighted by Crippen LogP contribution is 2.09. The Labute approximate surface area is 77.4 Å². The quantitative estimate of drug-likeness (QED) is 0.528. The van der Waals surface area contributed by atoms with Crippen molar-refractivity contribution in [3.05, 3.63) is 23.3 Å². The molecule has 0 aromatic heterocycles. The van der Waals surface area contributed by atoms with E-state index >= 15 is 0 Å². The van der Waals surface area contributed by atoms with Crippen molar-refractivity contribution >= 4 is 0 Å². The molecule has 0 nitrogen and oxygen atoms in total. The van der Waals surface area contributed by atoms with E-state index in [9.17, 15) is 0 Å². The Morgan fingerprint density at radius 1 is 1.00 bits per heavy atom. The van der Waals surface area contributed by atoms with Crippen molar-refractivity contribution in [1.29, 1.82) is 0 Å². The van der Waals surface area contributed by atoms with Crippen LogP contribution in [0.15, 0.2) is 23.3 Å². The van der Waals surface area contributed by atoms with Crippen molar-refractivity contribution in [3.63, 3.8) is 0 Å². The van der Waals surface area contributed by atoms with Crippen LogP contribution in [0.25, 0.3) is 0 Å². The summed E-state index contributed by atoms with van der Waals surface area (Å²) in [5.41, 5.74) is 3.02. The number of hydrogen-bond acceptors (Lipinski definition) is 0. The van der Waals surface area contributed by atoms with E-state index in [0.29, 0.717) is 0 Å². The van der Waals surface area contributed by atoms with Crippen LogP contribution in [-0.2, 0) is 0 Å². The summed E-state index contributed by atoms with van der Waals surface area (Å²) in [6, 6.07) is 0. The summed E-state index contributed by atoms with van der Waals surface area (Å²) >= 11 is 0. The first-order valence-electron chi connectivity index (χ1n) is 5.02. The Morgan fingerprint density at radius 3 is 2.17 bits per heavy atom. The molecule has 0 unspecified atom stereocenters. The summed E-state index contributed by atoms with van der Waals surface area (Å²) < 4.78 is 0. The van der Waals surface area contributed by atoms with Crippen molar-refractivity contribution in [3.8, 4) is 0 Å². The summed E-state index contributed by atoms with van der Waals surface area (Å²) in [5, 5.41) is 0. The van der Waals surface area contributed by atoms with Crippen LogP contribution < -0.4 is 0 Å². The van der Waals surface area contributed by atoms with Crippen LogP contribution in [0, 0.1) is 0 Å². The minimum atomic E-state index is 1.14. The molecule has 0 saturated heterocycles. The van der Waals surface area contributed by atoms with Crippen LogP contribution in [0.4, 0.5) is 0 Å². The Hall–Kier alpha value is -0.520. The summed E-state index contributed by atoms with van der Waals surface area (Å²) in [6.07, 6.45) is 9.46. The second-order valence-electron chi connectivity index (χ2n) is 3.46. The zero-order valence-corrected chi connectivity index (χ0v) is 8.98. The Bertz CT molecular complexity index is 161. The lowest BCUT2D eigenvalue weighted by molar-refractivity contribution is 0.897. The lowest BCUT2D eigenvalue weighted by Gasteiger charge is -1.98. The lowest BCUT2D eigenvalue weighted by Crippen LogP contribution is -1.78. The fraction of sp³-hybridized carbons (Fsp3) is 0.667. The fourth-order valence-corrected chi connectivity index (χ4v) is 1.26. The third-order valence-electron chi connectivity index (χ3n) is 1.97. The predicted molar refractivity (Wildman–Crippen MR) is 57.3 cm³/mol. The molecule has 0 rings (SSSR count). The average molecular weight is 166 g/mol. The average Bonchev–Trinajstić information content (AvgIpc) is 2.02. The first-order valence-corrected chi connectivity index (χ1v) is 5.02. The van der Waals surface area contributed by atoms with Crippen LogP contribution in [-0.4, -0.2) is 0 Å². The molecule has 0 aromatic carbocycles. The fourth-order valence-electron chi connectivity index (χ4n) is 1.26. The van der Waals surface area contributed by atoms with Crippen LogP contribution in [0.1, 0.15) is 53.4 Å². The van der Waals surface area contributed by atoms with E-state index < -0.39 is 0 Å². The summed E-state index contributed by atoms with van der Waals surface area (Å²) in [4.78, 5) is 0. The van der Waals surface area contributed by atoms with Gasteiger partial charge in [-0.05, 0) is 33.1 Å². The van der Waals surface area contributed by atoms with E-state index in [4.69, 9.17) is 0 Å². The highest BCUT2D eigenvalue weighted by molar-refractivity contribution is 5.08. The highest BCUT2D eigenvalue weighted by Gasteiger charge is 1.88. The van der Waals surface area contributed by atoms with Gasteiger partial charge in [-0.1, -0.05) is 43.6 Å². The highest BCUT2D eigenvalue weighted by atomic mass is 13.9. The van der Waals surface area contributed by atoms with Crippen LogP contribution in [0.3, 0.4) is 0 Å². The van der Waals surface area contributed by atoms with E-state index in [0.717, 1.165) is 12.8 Å². The molecule has 0 aliphatic carbocycles. The summed E-state index contributed by atoms with van der Waals surface area (Å²) in [7, 11) is 0. The van der Waals surface area contributed by atoms with E-state index in [-0.39, 0.29) is 0 Å². The van der Waals surface area contributed by atoms with E-state index in [1.165, 1.54) is 24.0 Å². The largest absolute Gasteiger partial charge is 0.0856 e. The number of hydrogen-bond donors (Lipinski definition) is 0. The second kappa shape index (κ2) is 7.15. The van der Waals surface area contributed by atoms with Crippen molar-refractivity contribution in [1.82, 2.24) is 0 Å². The van der Waals surface area contributed by atoms with Crippen molar-refractivity contribution < 1.29 is 0 Å². The molecule has 0 aromatic rings. The summed E-state index contributed by atoms with van der Waals surface area (Å²) in [5.74, 6) is 0. The second-order valence-corrected chi connectivity index (χ2v) is 3.46. The smallest absolute Gasteiger partial charge is 0.0139 e. The molecule has 0 atom stereocenters. The van der Waals surface area contributed by atoms with Gasteiger partial charge in [-0.25, -0.2) is 0 Å². The molecule has 0 spiro atoms. The molecule has 0 heterocycles. The van der Waals surface area contributed by atoms with Gasteiger partial charge in [-0.15, -0.1) is 0 Å². The molecular weight excluding hydrogens is 144 g/mol. The first-order chi connectivity index (χ1) is 5.70. The molecule has 0 fully saturated rings. The number of allylic oxidation sites excluding steroid dienone is 4. The molecular formula is C12H22. The molecule has 0 amide bonds. The third kappa shape index (κ3) is 6.21. The molecule has 0 heteroatoms. The molecule has 0 N–H and O–H groups in total. The lowest BCUT2D eigenvalue weighted by atomic mass is 10.1. The molecule has 0 saturated carbocycles. The van der Waals surface area contributed by atoms with E-state index in [1.807, 2.05) is 0 Å². The Kier molecular flexibility index (Phi) is 6.84. The first kappa shape index (κ1) is 11.5. The molecule has 0 aliphatic rings. The van der Waals surface area contributed by atoms with Gasteiger partial charge < -0.3 is 0 Å². The summed E-state index contributed by atoms with van der Waals surface area (Å²) in [6.45, 7) is 8.85. The minimum absolute atomic E-state index is 1.14.